The number of ketones is 1. The number of benzene rings is 1. The quantitative estimate of drug-likeness (QED) is 0.835. The second kappa shape index (κ2) is 6.37. The van der Waals surface area contributed by atoms with Gasteiger partial charge in [0, 0.05) is 16.8 Å². The topological polar surface area (TPSA) is 26.3 Å². The van der Waals surface area contributed by atoms with E-state index < -0.39 is 0 Å². The standard InChI is InChI=1S/C15H19BrO2/c1-18-13-7-8-14(16)12(9-13)10-15(17)11-5-3-2-4-6-11/h7-9,11H,2-6,10H2,1H3. The summed E-state index contributed by atoms with van der Waals surface area (Å²) < 4.78 is 6.20. The van der Waals surface area contributed by atoms with E-state index in [1.54, 1.807) is 7.11 Å². The smallest absolute Gasteiger partial charge is 0.140 e. The minimum absolute atomic E-state index is 0.275. The van der Waals surface area contributed by atoms with Gasteiger partial charge in [-0.15, -0.1) is 0 Å². The monoisotopic (exact) mass is 310 g/mol. The highest BCUT2D eigenvalue weighted by Gasteiger charge is 2.21. The Hall–Kier alpha value is -0.830. The van der Waals surface area contributed by atoms with Gasteiger partial charge >= 0.3 is 0 Å². The van der Waals surface area contributed by atoms with Crippen LogP contribution in [0.3, 0.4) is 0 Å². The number of halogens is 1. The van der Waals surface area contributed by atoms with E-state index in [0.29, 0.717) is 12.2 Å². The van der Waals surface area contributed by atoms with Gasteiger partial charge in [0.2, 0.25) is 0 Å². The van der Waals surface area contributed by atoms with Crippen LogP contribution in [0.2, 0.25) is 0 Å². The van der Waals surface area contributed by atoms with Crippen LogP contribution in [-0.4, -0.2) is 12.9 Å². The predicted octanol–water partition coefficient (Wildman–Crippen LogP) is 4.15. The van der Waals surface area contributed by atoms with E-state index in [0.717, 1.165) is 28.6 Å². The van der Waals surface area contributed by atoms with Crippen LogP contribution in [0.1, 0.15) is 37.7 Å². The van der Waals surface area contributed by atoms with Crippen molar-refractivity contribution in [1.29, 1.82) is 0 Å². The molecule has 2 rings (SSSR count). The maximum Gasteiger partial charge on any atom is 0.140 e. The van der Waals surface area contributed by atoms with E-state index >= 15 is 0 Å². The Kier molecular flexibility index (Phi) is 4.81. The zero-order valence-corrected chi connectivity index (χ0v) is 12.3. The van der Waals surface area contributed by atoms with Crippen LogP contribution >= 0.6 is 15.9 Å². The van der Waals surface area contributed by atoms with Crippen LogP contribution in [0.4, 0.5) is 0 Å². The van der Waals surface area contributed by atoms with Crippen LogP contribution in [-0.2, 0) is 11.2 Å². The summed E-state index contributed by atoms with van der Waals surface area (Å²) in [6.45, 7) is 0. The highest BCUT2D eigenvalue weighted by Crippen LogP contribution is 2.28. The van der Waals surface area contributed by atoms with Crippen molar-refractivity contribution >= 4 is 21.7 Å². The van der Waals surface area contributed by atoms with Gasteiger partial charge in [-0.1, -0.05) is 35.2 Å². The molecule has 0 bridgehead atoms. The summed E-state index contributed by atoms with van der Waals surface area (Å²) in [5.74, 6) is 1.46. The molecule has 0 N–H and O–H groups in total. The van der Waals surface area contributed by atoms with E-state index in [2.05, 4.69) is 15.9 Å². The molecule has 0 radical (unpaired) electrons. The summed E-state index contributed by atoms with van der Waals surface area (Å²) in [6, 6.07) is 5.80. The van der Waals surface area contributed by atoms with E-state index in [1.807, 2.05) is 18.2 Å². The molecule has 0 spiro atoms. The Morgan fingerprint density at radius 2 is 2.06 bits per heavy atom. The van der Waals surface area contributed by atoms with Gasteiger partial charge in [-0.25, -0.2) is 0 Å². The first kappa shape index (κ1) is 13.6. The van der Waals surface area contributed by atoms with Crippen LogP contribution < -0.4 is 4.74 Å². The average Bonchev–Trinajstić information content (AvgIpc) is 2.42. The maximum atomic E-state index is 12.3. The average molecular weight is 311 g/mol. The third kappa shape index (κ3) is 3.35. The molecule has 0 amide bonds. The van der Waals surface area contributed by atoms with Crippen molar-refractivity contribution in [2.24, 2.45) is 5.92 Å². The van der Waals surface area contributed by atoms with Gasteiger partial charge < -0.3 is 4.74 Å². The molecule has 1 aliphatic carbocycles. The molecule has 1 aromatic rings. The van der Waals surface area contributed by atoms with Gasteiger partial charge in [0.25, 0.3) is 0 Å². The van der Waals surface area contributed by atoms with Crippen molar-refractivity contribution in [3.63, 3.8) is 0 Å². The minimum atomic E-state index is 0.275. The van der Waals surface area contributed by atoms with Crippen LogP contribution in [0.5, 0.6) is 5.75 Å². The molecule has 0 saturated heterocycles. The van der Waals surface area contributed by atoms with Crippen molar-refractivity contribution < 1.29 is 9.53 Å². The van der Waals surface area contributed by atoms with Crippen molar-refractivity contribution in [1.82, 2.24) is 0 Å². The Balaban J connectivity index is 2.05. The number of hydrogen-bond acceptors (Lipinski definition) is 2. The van der Waals surface area contributed by atoms with Crippen molar-refractivity contribution in [2.45, 2.75) is 38.5 Å². The van der Waals surface area contributed by atoms with Crippen molar-refractivity contribution in [3.05, 3.63) is 28.2 Å². The van der Waals surface area contributed by atoms with E-state index in [4.69, 9.17) is 4.74 Å². The molecule has 0 aromatic heterocycles. The summed E-state index contributed by atoms with van der Waals surface area (Å²) in [5, 5.41) is 0. The van der Waals surface area contributed by atoms with Crippen molar-refractivity contribution in [2.75, 3.05) is 7.11 Å². The number of ether oxygens (including phenoxy) is 1. The van der Waals surface area contributed by atoms with E-state index in [-0.39, 0.29) is 5.92 Å². The number of Topliss-reactive ketones (excluding diaryl/α,β-unsaturated/α-hetero) is 1. The molecule has 0 unspecified atom stereocenters. The molecule has 0 atom stereocenters. The Labute approximate surface area is 117 Å². The van der Waals surface area contributed by atoms with E-state index in [9.17, 15) is 4.79 Å². The summed E-state index contributed by atoms with van der Waals surface area (Å²) in [6.07, 6.45) is 6.35. The van der Waals surface area contributed by atoms with Gasteiger partial charge in [-0.05, 0) is 36.6 Å². The number of carbonyl (C=O) groups excluding carboxylic acids is 1. The molecular formula is C15H19BrO2. The SMILES string of the molecule is COc1ccc(Br)c(CC(=O)C2CCCCC2)c1. The first-order valence-electron chi connectivity index (χ1n) is 6.56. The van der Waals surface area contributed by atoms with Gasteiger partial charge in [-0.3, -0.25) is 4.79 Å². The lowest BCUT2D eigenvalue weighted by Crippen LogP contribution is -2.19. The van der Waals surface area contributed by atoms with Crippen molar-refractivity contribution in [3.8, 4) is 5.75 Å². The fourth-order valence-electron chi connectivity index (χ4n) is 2.57. The van der Waals surface area contributed by atoms with E-state index in [1.165, 1.54) is 19.3 Å². The molecular weight excluding hydrogens is 292 g/mol. The predicted molar refractivity (Wildman–Crippen MR) is 76.0 cm³/mol. The Morgan fingerprint density at radius 3 is 2.72 bits per heavy atom. The molecule has 1 saturated carbocycles. The lowest BCUT2D eigenvalue weighted by molar-refractivity contribution is -0.123. The van der Waals surface area contributed by atoms with Crippen LogP contribution in [0.25, 0.3) is 0 Å². The second-order valence-corrected chi connectivity index (χ2v) is 5.79. The molecule has 2 nitrogen and oxygen atoms in total. The fraction of sp³-hybridized carbons (Fsp3) is 0.533. The fourth-order valence-corrected chi connectivity index (χ4v) is 2.96. The maximum absolute atomic E-state index is 12.3. The Morgan fingerprint density at radius 1 is 1.33 bits per heavy atom. The largest absolute Gasteiger partial charge is 0.497 e. The summed E-state index contributed by atoms with van der Waals surface area (Å²) in [7, 11) is 1.65. The molecule has 98 valence electrons. The number of rotatable bonds is 4. The third-order valence-corrected chi connectivity index (χ3v) is 4.45. The van der Waals surface area contributed by atoms with Gasteiger partial charge in [-0.2, -0.15) is 0 Å². The Bertz CT molecular complexity index is 423. The van der Waals surface area contributed by atoms with Gasteiger partial charge in [0.1, 0.15) is 11.5 Å². The lowest BCUT2D eigenvalue weighted by atomic mass is 9.84. The highest BCUT2D eigenvalue weighted by atomic mass is 79.9. The molecule has 1 aliphatic rings. The van der Waals surface area contributed by atoms with Crippen LogP contribution in [0.15, 0.2) is 22.7 Å². The molecule has 1 aromatic carbocycles. The summed E-state index contributed by atoms with van der Waals surface area (Å²) >= 11 is 3.50. The first-order chi connectivity index (χ1) is 8.70. The molecule has 0 heterocycles. The molecule has 1 fully saturated rings. The molecule has 3 heteroatoms. The second-order valence-electron chi connectivity index (χ2n) is 4.94. The number of hydrogen-bond donors (Lipinski definition) is 0. The normalized spacial score (nSPS) is 16.6. The van der Waals surface area contributed by atoms with Crippen LogP contribution in [0, 0.1) is 5.92 Å². The number of carbonyl (C=O) groups is 1. The van der Waals surface area contributed by atoms with Gasteiger partial charge in [0.05, 0.1) is 7.11 Å². The summed E-state index contributed by atoms with van der Waals surface area (Å²) in [5.41, 5.74) is 1.03. The summed E-state index contributed by atoms with van der Waals surface area (Å²) in [4.78, 5) is 12.3. The minimum Gasteiger partial charge on any atom is -0.497 e. The van der Waals surface area contributed by atoms with Gasteiger partial charge in [0.15, 0.2) is 0 Å². The first-order valence-corrected chi connectivity index (χ1v) is 7.35. The zero-order chi connectivity index (χ0) is 13.0. The highest BCUT2D eigenvalue weighted by molar-refractivity contribution is 9.10. The molecule has 18 heavy (non-hydrogen) atoms. The third-order valence-electron chi connectivity index (χ3n) is 3.68. The lowest BCUT2D eigenvalue weighted by Gasteiger charge is -2.20. The zero-order valence-electron chi connectivity index (χ0n) is 10.7. The molecule has 0 aliphatic heterocycles. The number of methoxy groups -OCH3 is 1.